The van der Waals surface area contributed by atoms with E-state index in [9.17, 15) is 5.11 Å². The first-order valence-corrected chi connectivity index (χ1v) is 7.97. The summed E-state index contributed by atoms with van der Waals surface area (Å²) >= 11 is 0. The van der Waals surface area contributed by atoms with Gasteiger partial charge in [0.15, 0.2) is 0 Å². The van der Waals surface area contributed by atoms with Crippen LogP contribution in [0.4, 0.5) is 0 Å². The predicted molar refractivity (Wildman–Crippen MR) is 95.7 cm³/mol. The molecule has 0 amide bonds. The molecular weight excluding hydrogens is 303 g/mol. The van der Waals surface area contributed by atoms with E-state index in [2.05, 4.69) is 0 Å². The fourth-order valence-corrected chi connectivity index (χ4v) is 2.73. The minimum absolute atomic E-state index is 0.571. The van der Waals surface area contributed by atoms with Crippen LogP contribution in [0.15, 0.2) is 51.5 Å². The molecular formula is C19H18BO4. The van der Waals surface area contributed by atoms with E-state index in [1.165, 1.54) is 0 Å². The van der Waals surface area contributed by atoms with Gasteiger partial charge in [-0.1, -0.05) is 17.6 Å². The molecule has 1 radical (unpaired) electrons. The number of aliphatic hydroxyl groups is 1. The van der Waals surface area contributed by atoms with Gasteiger partial charge in [0, 0.05) is 16.2 Å². The fraction of sp³-hybridized carbons (Fsp3) is 0.263. The van der Waals surface area contributed by atoms with E-state index >= 15 is 0 Å². The summed E-state index contributed by atoms with van der Waals surface area (Å²) in [5.41, 5.74) is 2.77. The molecule has 0 saturated carbocycles. The molecule has 0 aliphatic rings. The molecule has 0 spiro atoms. The van der Waals surface area contributed by atoms with E-state index in [-0.39, 0.29) is 0 Å². The Kier molecular flexibility index (Phi) is 3.44. The van der Waals surface area contributed by atoms with E-state index in [0.717, 1.165) is 38.4 Å². The standard InChI is InChI=1S/C19H18BO4/c1-11(21)19(2,3)24-20-12-4-5-16-14(10-12)18-13-8-9-22-15(13)6-7-17(18)23-16/h4-11,21H,1-3H3. The molecule has 1 atom stereocenters. The van der Waals surface area contributed by atoms with Crippen LogP contribution in [0.2, 0.25) is 0 Å². The normalized spacial score (nSPS) is 13.8. The molecule has 4 nitrogen and oxygen atoms in total. The van der Waals surface area contributed by atoms with Crippen molar-refractivity contribution in [2.45, 2.75) is 32.5 Å². The number of furan rings is 2. The van der Waals surface area contributed by atoms with E-state index < -0.39 is 11.7 Å². The van der Waals surface area contributed by atoms with Gasteiger partial charge in [-0.05, 0) is 45.0 Å². The second kappa shape index (κ2) is 5.40. The minimum atomic E-state index is -0.648. The minimum Gasteiger partial charge on any atom is -0.464 e. The highest BCUT2D eigenvalue weighted by Crippen LogP contribution is 2.34. The first kappa shape index (κ1) is 15.3. The third-order valence-electron chi connectivity index (χ3n) is 4.59. The van der Waals surface area contributed by atoms with Crippen LogP contribution in [0.3, 0.4) is 0 Å². The highest BCUT2D eigenvalue weighted by atomic mass is 16.5. The lowest BCUT2D eigenvalue weighted by Crippen LogP contribution is -2.40. The van der Waals surface area contributed by atoms with E-state index in [4.69, 9.17) is 13.5 Å². The maximum absolute atomic E-state index is 9.76. The summed E-state index contributed by atoms with van der Waals surface area (Å²) in [6.07, 6.45) is 1.12. The number of aliphatic hydroxyl groups excluding tert-OH is 1. The van der Waals surface area contributed by atoms with Gasteiger partial charge in [0.2, 0.25) is 0 Å². The van der Waals surface area contributed by atoms with Gasteiger partial charge in [0.1, 0.15) is 16.7 Å². The van der Waals surface area contributed by atoms with Crippen molar-refractivity contribution in [1.82, 2.24) is 0 Å². The van der Waals surface area contributed by atoms with Crippen LogP contribution in [0.1, 0.15) is 20.8 Å². The Morgan fingerprint density at radius 3 is 2.58 bits per heavy atom. The molecule has 121 valence electrons. The van der Waals surface area contributed by atoms with Crippen molar-refractivity contribution in [2.75, 3.05) is 0 Å². The summed E-state index contributed by atoms with van der Waals surface area (Å²) in [7, 11) is 1.68. The summed E-state index contributed by atoms with van der Waals surface area (Å²) < 4.78 is 17.2. The molecule has 2 aromatic heterocycles. The Hall–Kier alpha value is -2.24. The lowest BCUT2D eigenvalue weighted by Gasteiger charge is -2.28. The Bertz CT molecular complexity index is 1030. The Morgan fingerprint density at radius 1 is 1.04 bits per heavy atom. The number of benzene rings is 2. The summed E-state index contributed by atoms with van der Waals surface area (Å²) in [5, 5.41) is 12.9. The molecule has 0 aliphatic carbocycles. The van der Waals surface area contributed by atoms with Crippen molar-refractivity contribution >= 4 is 45.9 Å². The van der Waals surface area contributed by atoms with Crippen molar-refractivity contribution in [1.29, 1.82) is 0 Å². The zero-order chi connectivity index (χ0) is 16.9. The van der Waals surface area contributed by atoms with Crippen LogP contribution in [-0.2, 0) is 4.65 Å². The second-order valence-corrected chi connectivity index (χ2v) is 6.64. The highest BCUT2D eigenvalue weighted by Gasteiger charge is 2.25. The average Bonchev–Trinajstić information content (AvgIpc) is 3.15. The Balaban J connectivity index is 1.79. The Labute approximate surface area is 140 Å². The molecule has 2 heterocycles. The van der Waals surface area contributed by atoms with Gasteiger partial charge in [-0.3, -0.25) is 0 Å². The van der Waals surface area contributed by atoms with E-state index in [1.807, 2.05) is 50.2 Å². The number of rotatable bonds is 4. The van der Waals surface area contributed by atoms with E-state index in [1.54, 1.807) is 20.7 Å². The maximum atomic E-state index is 9.76. The highest BCUT2D eigenvalue weighted by molar-refractivity contribution is 6.47. The van der Waals surface area contributed by atoms with Gasteiger partial charge in [-0.15, -0.1) is 0 Å². The number of hydrogen-bond donors (Lipinski definition) is 1. The van der Waals surface area contributed by atoms with Gasteiger partial charge < -0.3 is 18.6 Å². The smallest absolute Gasteiger partial charge is 0.330 e. The molecule has 0 saturated heterocycles. The second-order valence-electron chi connectivity index (χ2n) is 6.64. The third-order valence-corrected chi connectivity index (χ3v) is 4.59. The van der Waals surface area contributed by atoms with Gasteiger partial charge >= 0.3 is 7.48 Å². The van der Waals surface area contributed by atoms with Crippen LogP contribution in [-0.4, -0.2) is 24.3 Å². The molecule has 2 aromatic carbocycles. The first-order valence-electron chi connectivity index (χ1n) is 7.97. The molecule has 4 aromatic rings. The van der Waals surface area contributed by atoms with Crippen LogP contribution in [0.25, 0.3) is 32.9 Å². The quantitative estimate of drug-likeness (QED) is 0.582. The molecule has 24 heavy (non-hydrogen) atoms. The zero-order valence-electron chi connectivity index (χ0n) is 13.9. The molecule has 0 aliphatic heterocycles. The number of hydrogen-bond acceptors (Lipinski definition) is 4. The third kappa shape index (κ3) is 2.41. The van der Waals surface area contributed by atoms with Gasteiger partial charge in [0.25, 0.3) is 0 Å². The van der Waals surface area contributed by atoms with E-state index in [0.29, 0.717) is 0 Å². The van der Waals surface area contributed by atoms with Gasteiger partial charge in [-0.25, -0.2) is 0 Å². The van der Waals surface area contributed by atoms with Gasteiger partial charge in [-0.2, -0.15) is 0 Å². The van der Waals surface area contributed by atoms with Crippen molar-refractivity contribution in [3.63, 3.8) is 0 Å². The van der Waals surface area contributed by atoms with Crippen molar-refractivity contribution < 1.29 is 18.6 Å². The average molecular weight is 321 g/mol. The fourth-order valence-electron chi connectivity index (χ4n) is 2.73. The summed E-state index contributed by atoms with van der Waals surface area (Å²) in [6, 6.07) is 11.7. The molecule has 1 N–H and O–H groups in total. The summed E-state index contributed by atoms with van der Waals surface area (Å²) in [4.78, 5) is 0. The van der Waals surface area contributed by atoms with Crippen LogP contribution < -0.4 is 5.46 Å². The maximum Gasteiger partial charge on any atom is 0.330 e. The van der Waals surface area contributed by atoms with Crippen molar-refractivity contribution in [2.24, 2.45) is 0 Å². The van der Waals surface area contributed by atoms with Crippen LogP contribution >= 0.6 is 0 Å². The molecule has 0 bridgehead atoms. The lowest BCUT2D eigenvalue weighted by atomic mass is 9.85. The molecule has 5 heteroatoms. The topological polar surface area (TPSA) is 55.7 Å². The van der Waals surface area contributed by atoms with Crippen molar-refractivity contribution in [3.8, 4) is 0 Å². The summed E-state index contributed by atoms with van der Waals surface area (Å²) in [5.74, 6) is 0. The van der Waals surface area contributed by atoms with Crippen LogP contribution in [0, 0.1) is 0 Å². The lowest BCUT2D eigenvalue weighted by molar-refractivity contribution is -0.0146. The SMILES string of the molecule is CC(O)C(C)(C)O[B]c1ccc2oc3ccc4occc4c3c2c1. The number of fused-ring (bicyclic) bond motifs is 5. The summed E-state index contributed by atoms with van der Waals surface area (Å²) in [6.45, 7) is 5.43. The molecule has 1 unspecified atom stereocenters. The predicted octanol–water partition coefficient (Wildman–Crippen LogP) is 3.75. The molecule has 4 rings (SSSR count). The first-order chi connectivity index (χ1) is 11.5. The Morgan fingerprint density at radius 2 is 1.79 bits per heavy atom. The monoisotopic (exact) mass is 321 g/mol. The van der Waals surface area contributed by atoms with Gasteiger partial charge in [0.05, 0.1) is 18.0 Å². The molecule has 0 fully saturated rings. The zero-order valence-corrected chi connectivity index (χ0v) is 13.9. The largest absolute Gasteiger partial charge is 0.464 e. The van der Waals surface area contributed by atoms with Crippen molar-refractivity contribution in [3.05, 3.63) is 42.7 Å². The van der Waals surface area contributed by atoms with Crippen LogP contribution in [0.5, 0.6) is 0 Å².